The SMILES string of the molecule is CN(C)Cc1cccc(Br)c1F. The van der Waals surface area contributed by atoms with Crippen LogP contribution in [-0.2, 0) is 6.54 Å². The Kier molecular flexibility index (Phi) is 3.23. The predicted octanol–water partition coefficient (Wildman–Crippen LogP) is 2.65. The van der Waals surface area contributed by atoms with E-state index in [2.05, 4.69) is 15.9 Å². The van der Waals surface area contributed by atoms with Gasteiger partial charge in [0, 0.05) is 12.1 Å². The van der Waals surface area contributed by atoms with Crippen molar-refractivity contribution < 1.29 is 4.39 Å². The van der Waals surface area contributed by atoms with E-state index in [9.17, 15) is 4.39 Å². The van der Waals surface area contributed by atoms with Gasteiger partial charge in [-0.15, -0.1) is 0 Å². The molecular weight excluding hydrogens is 221 g/mol. The Morgan fingerprint density at radius 3 is 2.67 bits per heavy atom. The third-order valence-corrected chi connectivity index (χ3v) is 2.13. The minimum absolute atomic E-state index is 0.161. The van der Waals surface area contributed by atoms with E-state index in [-0.39, 0.29) is 5.82 Å². The van der Waals surface area contributed by atoms with Crippen LogP contribution in [-0.4, -0.2) is 19.0 Å². The fraction of sp³-hybridized carbons (Fsp3) is 0.333. The molecular formula is C9H11BrFN. The molecule has 0 aliphatic carbocycles. The summed E-state index contributed by atoms with van der Waals surface area (Å²) in [6.07, 6.45) is 0. The van der Waals surface area contributed by atoms with E-state index in [1.165, 1.54) is 0 Å². The second-order valence-electron chi connectivity index (χ2n) is 2.95. The maximum absolute atomic E-state index is 13.3. The molecule has 0 N–H and O–H groups in total. The van der Waals surface area contributed by atoms with Crippen molar-refractivity contribution in [2.75, 3.05) is 14.1 Å². The first-order valence-electron chi connectivity index (χ1n) is 3.69. The molecule has 0 saturated heterocycles. The Labute approximate surface area is 80.3 Å². The van der Waals surface area contributed by atoms with Crippen LogP contribution < -0.4 is 0 Å². The summed E-state index contributed by atoms with van der Waals surface area (Å²) < 4.78 is 13.8. The van der Waals surface area contributed by atoms with E-state index in [4.69, 9.17) is 0 Å². The van der Waals surface area contributed by atoms with Crippen LogP contribution in [0.25, 0.3) is 0 Å². The van der Waals surface area contributed by atoms with Crippen molar-refractivity contribution in [1.82, 2.24) is 4.90 Å². The van der Waals surface area contributed by atoms with Crippen LogP contribution in [0, 0.1) is 5.82 Å². The third-order valence-electron chi connectivity index (χ3n) is 1.52. The van der Waals surface area contributed by atoms with Crippen molar-refractivity contribution in [3.8, 4) is 0 Å². The minimum atomic E-state index is -0.161. The summed E-state index contributed by atoms with van der Waals surface area (Å²) in [5, 5.41) is 0. The van der Waals surface area contributed by atoms with Gasteiger partial charge < -0.3 is 4.90 Å². The lowest BCUT2D eigenvalue weighted by atomic mass is 10.2. The van der Waals surface area contributed by atoms with Gasteiger partial charge in [0.2, 0.25) is 0 Å². The van der Waals surface area contributed by atoms with Crippen molar-refractivity contribution in [3.63, 3.8) is 0 Å². The second-order valence-corrected chi connectivity index (χ2v) is 3.81. The molecule has 0 saturated carbocycles. The number of hydrogen-bond acceptors (Lipinski definition) is 1. The largest absolute Gasteiger partial charge is 0.305 e. The zero-order valence-corrected chi connectivity index (χ0v) is 8.73. The highest BCUT2D eigenvalue weighted by atomic mass is 79.9. The number of rotatable bonds is 2. The predicted molar refractivity (Wildman–Crippen MR) is 51.5 cm³/mol. The molecule has 0 aromatic heterocycles. The minimum Gasteiger partial charge on any atom is -0.305 e. The molecule has 12 heavy (non-hydrogen) atoms. The fourth-order valence-electron chi connectivity index (χ4n) is 1.01. The van der Waals surface area contributed by atoms with E-state index in [0.717, 1.165) is 5.56 Å². The lowest BCUT2D eigenvalue weighted by Gasteiger charge is -2.10. The van der Waals surface area contributed by atoms with Gasteiger partial charge in [-0.1, -0.05) is 12.1 Å². The summed E-state index contributed by atoms with van der Waals surface area (Å²) in [6, 6.07) is 5.33. The van der Waals surface area contributed by atoms with E-state index >= 15 is 0 Å². The third kappa shape index (κ3) is 2.29. The molecule has 0 bridgehead atoms. The van der Waals surface area contributed by atoms with Gasteiger partial charge in [-0.2, -0.15) is 0 Å². The van der Waals surface area contributed by atoms with Crippen LogP contribution in [0.1, 0.15) is 5.56 Å². The molecule has 0 heterocycles. The van der Waals surface area contributed by atoms with Gasteiger partial charge in [0.15, 0.2) is 0 Å². The van der Waals surface area contributed by atoms with E-state index < -0.39 is 0 Å². The van der Waals surface area contributed by atoms with Gasteiger partial charge in [0.1, 0.15) is 5.82 Å². The van der Waals surface area contributed by atoms with Crippen molar-refractivity contribution in [3.05, 3.63) is 34.1 Å². The monoisotopic (exact) mass is 231 g/mol. The molecule has 1 nitrogen and oxygen atoms in total. The molecule has 0 amide bonds. The fourth-order valence-corrected chi connectivity index (χ4v) is 1.42. The number of nitrogens with zero attached hydrogens (tertiary/aromatic N) is 1. The lowest BCUT2D eigenvalue weighted by Crippen LogP contribution is -2.11. The first kappa shape index (κ1) is 9.68. The van der Waals surface area contributed by atoms with Gasteiger partial charge in [-0.3, -0.25) is 0 Å². The summed E-state index contributed by atoms with van der Waals surface area (Å²) in [6.45, 7) is 0.630. The van der Waals surface area contributed by atoms with E-state index in [1.807, 2.05) is 25.1 Å². The van der Waals surface area contributed by atoms with Gasteiger partial charge in [-0.25, -0.2) is 4.39 Å². The molecule has 1 aromatic rings. The molecule has 0 aliphatic heterocycles. The summed E-state index contributed by atoms with van der Waals surface area (Å²) in [5.74, 6) is -0.161. The van der Waals surface area contributed by atoms with Crippen molar-refractivity contribution in [2.24, 2.45) is 0 Å². The van der Waals surface area contributed by atoms with Crippen LogP contribution in [0.15, 0.2) is 22.7 Å². The summed E-state index contributed by atoms with van der Waals surface area (Å²) >= 11 is 3.14. The van der Waals surface area contributed by atoms with Crippen LogP contribution in [0.2, 0.25) is 0 Å². The quantitative estimate of drug-likeness (QED) is 0.757. The highest BCUT2D eigenvalue weighted by Crippen LogP contribution is 2.18. The van der Waals surface area contributed by atoms with Gasteiger partial charge in [-0.05, 0) is 36.1 Å². The maximum atomic E-state index is 13.3. The zero-order valence-electron chi connectivity index (χ0n) is 7.14. The summed E-state index contributed by atoms with van der Waals surface area (Å²) in [4.78, 5) is 1.94. The molecule has 0 fully saturated rings. The molecule has 66 valence electrons. The standard InChI is InChI=1S/C9H11BrFN/c1-12(2)6-7-4-3-5-8(10)9(7)11/h3-5H,6H2,1-2H3. The molecule has 1 rings (SSSR count). The first-order chi connectivity index (χ1) is 5.61. The van der Waals surface area contributed by atoms with Crippen LogP contribution >= 0.6 is 15.9 Å². The van der Waals surface area contributed by atoms with Gasteiger partial charge in [0.25, 0.3) is 0 Å². The average Bonchev–Trinajstić information content (AvgIpc) is 1.98. The van der Waals surface area contributed by atoms with E-state index in [0.29, 0.717) is 11.0 Å². The molecule has 0 spiro atoms. The topological polar surface area (TPSA) is 3.24 Å². The molecule has 1 aromatic carbocycles. The molecule has 0 aliphatic rings. The van der Waals surface area contributed by atoms with Gasteiger partial charge >= 0.3 is 0 Å². The number of benzene rings is 1. The first-order valence-corrected chi connectivity index (χ1v) is 4.48. The van der Waals surface area contributed by atoms with E-state index in [1.54, 1.807) is 12.1 Å². The van der Waals surface area contributed by atoms with Crippen molar-refractivity contribution in [1.29, 1.82) is 0 Å². The lowest BCUT2D eigenvalue weighted by molar-refractivity contribution is 0.392. The Hall–Kier alpha value is -0.410. The van der Waals surface area contributed by atoms with Crippen LogP contribution in [0.4, 0.5) is 4.39 Å². The molecule has 0 radical (unpaired) electrons. The summed E-state index contributed by atoms with van der Waals surface area (Å²) in [5.41, 5.74) is 0.717. The number of hydrogen-bond donors (Lipinski definition) is 0. The second kappa shape index (κ2) is 4.01. The summed E-state index contributed by atoms with van der Waals surface area (Å²) in [7, 11) is 3.83. The average molecular weight is 232 g/mol. The van der Waals surface area contributed by atoms with Crippen LogP contribution in [0.3, 0.4) is 0 Å². The zero-order chi connectivity index (χ0) is 9.14. The Balaban J connectivity index is 2.92. The molecule has 0 atom stereocenters. The highest BCUT2D eigenvalue weighted by Gasteiger charge is 2.05. The van der Waals surface area contributed by atoms with Gasteiger partial charge in [0.05, 0.1) is 4.47 Å². The normalized spacial score (nSPS) is 10.8. The van der Waals surface area contributed by atoms with Crippen molar-refractivity contribution >= 4 is 15.9 Å². The highest BCUT2D eigenvalue weighted by molar-refractivity contribution is 9.10. The van der Waals surface area contributed by atoms with Crippen molar-refractivity contribution in [2.45, 2.75) is 6.54 Å². The smallest absolute Gasteiger partial charge is 0.141 e. The Morgan fingerprint density at radius 2 is 2.08 bits per heavy atom. The maximum Gasteiger partial charge on any atom is 0.141 e. The Morgan fingerprint density at radius 1 is 1.42 bits per heavy atom. The molecule has 0 unspecified atom stereocenters. The Bertz CT molecular complexity index is 273. The molecule has 3 heteroatoms. The number of halogens is 2. The van der Waals surface area contributed by atoms with Crippen LogP contribution in [0.5, 0.6) is 0 Å².